The molecule has 106 valence electrons. The van der Waals surface area contributed by atoms with Gasteiger partial charge in [-0.25, -0.2) is 0 Å². The average Bonchev–Trinajstić information content (AvgIpc) is 2.41. The zero-order valence-electron chi connectivity index (χ0n) is 11.5. The number of likely N-dealkylation sites (tertiary alicyclic amines) is 1. The molecule has 0 amide bonds. The van der Waals surface area contributed by atoms with E-state index in [4.69, 9.17) is 11.6 Å². The van der Waals surface area contributed by atoms with Crippen molar-refractivity contribution in [1.29, 1.82) is 0 Å². The van der Waals surface area contributed by atoms with Crippen LogP contribution in [0.2, 0.25) is 5.02 Å². The Morgan fingerprint density at radius 1 is 1.37 bits per heavy atom. The third-order valence-corrected chi connectivity index (χ3v) is 4.89. The predicted octanol–water partition coefficient (Wildman–Crippen LogP) is 3.92. The van der Waals surface area contributed by atoms with E-state index in [0.29, 0.717) is 0 Å². The van der Waals surface area contributed by atoms with Crippen LogP contribution in [0.25, 0.3) is 0 Å². The highest BCUT2D eigenvalue weighted by Crippen LogP contribution is 2.26. The molecule has 1 aromatic carbocycles. The smallest absolute Gasteiger partial charge is 0.0417 e. The van der Waals surface area contributed by atoms with Gasteiger partial charge < -0.3 is 5.32 Å². The molecule has 2 rings (SSSR count). The van der Waals surface area contributed by atoms with Gasteiger partial charge in [0.15, 0.2) is 0 Å². The van der Waals surface area contributed by atoms with Gasteiger partial charge in [0.25, 0.3) is 0 Å². The summed E-state index contributed by atoms with van der Waals surface area (Å²) in [5.74, 6) is 0.900. The summed E-state index contributed by atoms with van der Waals surface area (Å²) in [5, 5.41) is 4.04. The average molecular weight is 346 g/mol. The van der Waals surface area contributed by atoms with Crippen molar-refractivity contribution in [3.63, 3.8) is 0 Å². The molecule has 0 saturated carbocycles. The lowest BCUT2D eigenvalue weighted by atomic mass is 9.93. The molecule has 1 aliphatic rings. The van der Waals surface area contributed by atoms with E-state index in [9.17, 15) is 0 Å². The number of nitrogens with zero attached hydrogens (tertiary/aromatic N) is 1. The quantitative estimate of drug-likeness (QED) is 0.870. The maximum absolute atomic E-state index is 5.98. The topological polar surface area (TPSA) is 15.3 Å². The summed E-state index contributed by atoms with van der Waals surface area (Å²) in [5.41, 5.74) is 1.33. The number of benzene rings is 1. The van der Waals surface area contributed by atoms with Crippen molar-refractivity contribution in [2.45, 2.75) is 25.8 Å². The zero-order valence-corrected chi connectivity index (χ0v) is 13.8. The minimum atomic E-state index is 0.793. The summed E-state index contributed by atoms with van der Waals surface area (Å²) in [7, 11) is 2.03. The van der Waals surface area contributed by atoms with Gasteiger partial charge in [0, 0.05) is 16.0 Å². The molecule has 4 heteroatoms. The van der Waals surface area contributed by atoms with E-state index >= 15 is 0 Å². The van der Waals surface area contributed by atoms with Gasteiger partial charge in [0.1, 0.15) is 0 Å². The Balaban J connectivity index is 1.82. The lowest BCUT2D eigenvalue weighted by molar-refractivity contribution is 0.172. The van der Waals surface area contributed by atoms with E-state index in [1.807, 2.05) is 19.2 Å². The van der Waals surface area contributed by atoms with Crippen LogP contribution in [0.4, 0.5) is 0 Å². The fourth-order valence-corrected chi connectivity index (χ4v) is 3.48. The van der Waals surface area contributed by atoms with Crippen LogP contribution in [-0.4, -0.2) is 31.6 Å². The number of halogens is 2. The highest BCUT2D eigenvalue weighted by Gasteiger charge is 2.19. The van der Waals surface area contributed by atoms with Gasteiger partial charge in [-0.1, -0.05) is 33.6 Å². The third-order valence-electron chi connectivity index (χ3n) is 3.92. The summed E-state index contributed by atoms with van der Waals surface area (Å²) in [6, 6.07) is 6.08. The van der Waals surface area contributed by atoms with Gasteiger partial charge in [-0.2, -0.15) is 0 Å². The molecule has 0 radical (unpaired) electrons. The second kappa shape index (κ2) is 7.63. The van der Waals surface area contributed by atoms with E-state index in [0.717, 1.165) is 28.5 Å². The lowest BCUT2D eigenvalue weighted by Gasteiger charge is -2.32. The Hall–Kier alpha value is -0.0900. The number of hydrogen-bond acceptors (Lipinski definition) is 2. The fourth-order valence-electron chi connectivity index (χ4n) is 2.67. The SMILES string of the molecule is CNCCC1CCN(Cc2ccc(Cl)cc2Br)CC1. The molecule has 1 aliphatic heterocycles. The zero-order chi connectivity index (χ0) is 13.7. The van der Waals surface area contributed by atoms with Crippen LogP contribution in [0.3, 0.4) is 0 Å². The van der Waals surface area contributed by atoms with Crippen molar-refractivity contribution >= 4 is 27.5 Å². The molecular weight excluding hydrogens is 324 g/mol. The number of piperidine rings is 1. The van der Waals surface area contributed by atoms with Crippen LogP contribution < -0.4 is 5.32 Å². The summed E-state index contributed by atoms with van der Waals surface area (Å²) < 4.78 is 1.12. The fraction of sp³-hybridized carbons (Fsp3) is 0.600. The first-order chi connectivity index (χ1) is 9.19. The first kappa shape index (κ1) is 15.3. The van der Waals surface area contributed by atoms with Crippen LogP contribution >= 0.6 is 27.5 Å². The molecule has 0 spiro atoms. The first-order valence-electron chi connectivity index (χ1n) is 7.00. The first-order valence-corrected chi connectivity index (χ1v) is 8.17. The Bertz CT molecular complexity index is 403. The maximum Gasteiger partial charge on any atom is 0.0417 e. The molecule has 0 aromatic heterocycles. The van der Waals surface area contributed by atoms with E-state index in [2.05, 4.69) is 32.2 Å². The highest BCUT2D eigenvalue weighted by atomic mass is 79.9. The van der Waals surface area contributed by atoms with Crippen molar-refractivity contribution in [2.75, 3.05) is 26.7 Å². The normalized spacial score (nSPS) is 17.8. The molecule has 0 bridgehead atoms. The molecule has 1 heterocycles. The summed E-state index contributed by atoms with van der Waals surface area (Å²) >= 11 is 9.58. The Morgan fingerprint density at radius 2 is 2.11 bits per heavy atom. The number of hydrogen-bond donors (Lipinski definition) is 1. The van der Waals surface area contributed by atoms with Gasteiger partial charge in [-0.05, 0) is 69.6 Å². The molecule has 1 fully saturated rings. The van der Waals surface area contributed by atoms with Gasteiger partial charge in [-0.15, -0.1) is 0 Å². The van der Waals surface area contributed by atoms with Crippen LogP contribution in [-0.2, 0) is 6.54 Å². The summed E-state index contributed by atoms with van der Waals surface area (Å²) in [6.07, 6.45) is 3.97. The molecule has 2 nitrogen and oxygen atoms in total. The minimum absolute atomic E-state index is 0.793. The van der Waals surface area contributed by atoms with Crippen molar-refractivity contribution < 1.29 is 0 Å². The van der Waals surface area contributed by atoms with E-state index < -0.39 is 0 Å². The Kier molecular flexibility index (Phi) is 6.14. The monoisotopic (exact) mass is 344 g/mol. The van der Waals surface area contributed by atoms with Crippen molar-refractivity contribution in [1.82, 2.24) is 10.2 Å². The molecule has 1 N–H and O–H groups in total. The van der Waals surface area contributed by atoms with Gasteiger partial charge in [-0.3, -0.25) is 4.90 Å². The van der Waals surface area contributed by atoms with E-state index in [1.165, 1.54) is 37.9 Å². The molecule has 1 saturated heterocycles. The molecule has 0 aliphatic carbocycles. The molecule has 0 unspecified atom stereocenters. The highest BCUT2D eigenvalue weighted by molar-refractivity contribution is 9.10. The predicted molar refractivity (Wildman–Crippen MR) is 85.7 cm³/mol. The molecule has 1 aromatic rings. The van der Waals surface area contributed by atoms with Gasteiger partial charge >= 0.3 is 0 Å². The van der Waals surface area contributed by atoms with Crippen LogP contribution in [0.1, 0.15) is 24.8 Å². The number of rotatable bonds is 5. The molecule has 0 atom stereocenters. The second-order valence-electron chi connectivity index (χ2n) is 5.35. The van der Waals surface area contributed by atoms with Gasteiger partial charge in [0.2, 0.25) is 0 Å². The van der Waals surface area contributed by atoms with Crippen LogP contribution in [0.15, 0.2) is 22.7 Å². The van der Waals surface area contributed by atoms with Crippen molar-refractivity contribution in [2.24, 2.45) is 5.92 Å². The Labute approximate surface area is 129 Å². The summed E-state index contributed by atoms with van der Waals surface area (Å²) in [4.78, 5) is 2.55. The van der Waals surface area contributed by atoms with Gasteiger partial charge in [0.05, 0.1) is 0 Å². The van der Waals surface area contributed by atoms with Crippen LogP contribution in [0.5, 0.6) is 0 Å². The van der Waals surface area contributed by atoms with Crippen LogP contribution in [0, 0.1) is 5.92 Å². The standard InChI is InChI=1S/C15H22BrClN2/c1-18-7-4-12-5-8-19(9-6-12)11-13-2-3-14(17)10-15(13)16/h2-3,10,12,18H,4-9,11H2,1H3. The van der Waals surface area contributed by atoms with Crippen molar-refractivity contribution in [3.8, 4) is 0 Å². The molecule has 19 heavy (non-hydrogen) atoms. The lowest BCUT2D eigenvalue weighted by Crippen LogP contribution is -2.34. The largest absolute Gasteiger partial charge is 0.320 e. The second-order valence-corrected chi connectivity index (χ2v) is 6.64. The van der Waals surface area contributed by atoms with Crippen molar-refractivity contribution in [3.05, 3.63) is 33.3 Å². The summed E-state index contributed by atoms with van der Waals surface area (Å²) in [6.45, 7) is 4.59. The third kappa shape index (κ3) is 4.75. The van der Waals surface area contributed by atoms with E-state index in [-0.39, 0.29) is 0 Å². The van der Waals surface area contributed by atoms with E-state index in [1.54, 1.807) is 0 Å². The number of nitrogens with one attached hydrogen (secondary N) is 1. The Morgan fingerprint density at radius 3 is 2.74 bits per heavy atom. The molecular formula is C15H22BrClN2. The minimum Gasteiger partial charge on any atom is -0.320 e. The maximum atomic E-state index is 5.98.